The Hall–Kier alpha value is -1.84. The van der Waals surface area contributed by atoms with Gasteiger partial charge in [0.25, 0.3) is 0 Å². The minimum absolute atomic E-state index is 0.0572. The van der Waals surface area contributed by atoms with Gasteiger partial charge in [-0.3, -0.25) is 9.59 Å². The predicted octanol–water partition coefficient (Wildman–Crippen LogP) is 2.77. The maximum absolute atomic E-state index is 12.1. The van der Waals surface area contributed by atoms with E-state index in [1.54, 1.807) is 6.92 Å². The maximum Gasteiger partial charge on any atom is 0.311 e. The first-order valence-corrected chi connectivity index (χ1v) is 7.59. The lowest BCUT2D eigenvalue weighted by atomic mass is 9.71. The van der Waals surface area contributed by atoms with Crippen molar-refractivity contribution in [1.29, 1.82) is 0 Å². The van der Waals surface area contributed by atoms with Crippen LogP contribution in [-0.2, 0) is 16.0 Å². The molecular weight excluding hydrogens is 266 g/mol. The highest BCUT2D eigenvalue weighted by Gasteiger charge is 2.43. The molecule has 21 heavy (non-hydrogen) atoms. The Kier molecular flexibility index (Phi) is 4.99. The quantitative estimate of drug-likeness (QED) is 0.876. The number of nitrogens with one attached hydrogen (secondary N) is 1. The summed E-state index contributed by atoms with van der Waals surface area (Å²) < 4.78 is 0. The fourth-order valence-electron chi connectivity index (χ4n) is 2.99. The van der Waals surface area contributed by atoms with Crippen molar-refractivity contribution in [3.8, 4) is 0 Å². The SMILES string of the molecule is CC1(C(=O)O)CCCCC1NC(=O)CCc1ccccc1. The molecule has 0 radical (unpaired) electrons. The Morgan fingerprint density at radius 2 is 2.00 bits per heavy atom. The Labute approximate surface area is 125 Å². The molecule has 2 unspecified atom stereocenters. The van der Waals surface area contributed by atoms with E-state index >= 15 is 0 Å². The van der Waals surface area contributed by atoms with E-state index in [0.717, 1.165) is 24.8 Å². The third-order valence-corrected chi connectivity index (χ3v) is 4.52. The van der Waals surface area contributed by atoms with Crippen LogP contribution in [0.4, 0.5) is 0 Å². The van der Waals surface area contributed by atoms with E-state index in [1.807, 2.05) is 30.3 Å². The van der Waals surface area contributed by atoms with E-state index in [2.05, 4.69) is 5.32 Å². The number of carboxylic acids is 1. The number of hydrogen-bond acceptors (Lipinski definition) is 2. The summed E-state index contributed by atoms with van der Waals surface area (Å²) in [6, 6.07) is 9.59. The van der Waals surface area contributed by atoms with Crippen LogP contribution in [0.5, 0.6) is 0 Å². The number of carbonyl (C=O) groups is 2. The molecular formula is C17H23NO3. The molecule has 0 aliphatic heterocycles. The van der Waals surface area contributed by atoms with Crippen molar-refractivity contribution in [2.45, 2.75) is 51.5 Å². The summed E-state index contributed by atoms with van der Waals surface area (Å²) in [6.07, 6.45) is 4.36. The molecule has 114 valence electrons. The first-order valence-electron chi connectivity index (χ1n) is 7.59. The molecule has 4 nitrogen and oxygen atoms in total. The van der Waals surface area contributed by atoms with Crippen LogP contribution in [-0.4, -0.2) is 23.0 Å². The maximum atomic E-state index is 12.1. The zero-order valence-corrected chi connectivity index (χ0v) is 12.5. The molecule has 2 atom stereocenters. The molecule has 1 aliphatic rings. The highest BCUT2D eigenvalue weighted by atomic mass is 16.4. The van der Waals surface area contributed by atoms with E-state index in [9.17, 15) is 14.7 Å². The first kappa shape index (κ1) is 15.5. The second-order valence-electron chi connectivity index (χ2n) is 6.07. The lowest BCUT2D eigenvalue weighted by Gasteiger charge is -2.38. The average Bonchev–Trinajstić information content (AvgIpc) is 2.48. The zero-order valence-electron chi connectivity index (χ0n) is 12.5. The number of amides is 1. The van der Waals surface area contributed by atoms with Gasteiger partial charge in [-0.05, 0) is 31.7 Å². The molecule has 1 saturated carbocycles. The van der Waals surface area contributed by atoms with Gasteiger partial charge in [-0.15, -0.1) is 0 Å². The molecule has 1 aromatic carbocycles. The van der Waals surface area contributed by atoms with Gasteiger partial charge in [0.1, 0.15) is 0 Å². The standard InChI is InChI=1S/C17H23NO3/c1-17(16(20)21)12-6-5-9-14(17)18-15(19)11-10-13-7-3-2-4-8-13/h2-4,7-8,14H,5-6,9-12H2,1H3,(H,18,19)(H,20,21). The van der Waals surface area contributed by atoms with Gasteiger partial charge >= 0.3 is 5.97 Å². The second-order valence-corrected chi connectivity index (χ2v) is 6.07. The van der Waals surface area contributed by atoms with Gasteiger partial charge in [-0.1, -0.05) is 43.2 Å². The summed E-state index contributed by atoms with van der Waals surface area (Å²) >= 11 is 0. The van der Waals surface area contributed by atoms with Crippen LogP contribution in [0.2, 0.25) is 0 Å². The first-order chi connectivity index (χ1) is 10.0. The Morgan fingerprint density at radius 1 is 1.29 bits per heavy atom. The summed E-state index contributed by atoms with van der Waals surface area (Å²) in [4.78, 5) is 23.6. The molecule has 2 N–H and O–H groups in total. The normalized spacial score (nSPS) is 25.3. The molecule has 0 heterocycles. The average molecular weight is 289 g/mol. The van der Waals surface area contributed by atoms with E-state index in [1.165, 1.54) is 0 Å². The van der Waals surface area contributed by atoms with Crippen molar-refractivity contribution < 1.29 is 14.7 Å². The Bertz CT molecular complexity index is 500. The van der Waals surface area contributed by atoms with Crippen LogP contribution in [0, 0.1) is 5.41 Å². The molecule has 0 saturated heterocycles. The highest BCUT2D eigenvalue weighted by Crippen LogP contribution is 2.36. The van der Waals surface area contributed by atoms with E-state index in [-0.39, 0.29) is 11.9 Å². The van der Waals surface area contributed by atoms with Gasteiger partial charge in [0.2, 0.25) is 5.91 Å². The molecule has 1 fully saturated rings. The van der Waals surface area contributed by atoms with E-state index in [4.69, 9.17) is 0 Å². The molecule has 1 amide bonds. The fourth-order valence-corrected chi connectivity index (χ4v) is 2.99. The van der Waals surface area contributed by atoms with Gasteiger partial charge in [0.05, 0.1) is 5.41 Å². The number of aryl methyl sites for hydroxylation is 1. The van der Waals surface area contributed by atoms with Crippen molar-refractivity contribution in [3.63, 3.8) is 0 Å². The Balaban J connectivity index is 1.90. The topological polar surface area (TPSA) is 66.4 Å². The Morgan fingerprint density at radius 3 is 2.67 bits per heavy atom. The zero-order chi connectivity index (χ0) is 15.3. The van der Waals surface area contributed by atoms with E-state index in [0.29, 0.717) is 19.3 Å². The van der Waals surface area contributed by atoms with Gasteiger partial charge < -0.3 is 10.4 Å². The molecule has 2 rings (SSSR count). The largest absolute Gasteiger partial charge is 0.481 e. The van der Waals surface area contributed by atoms with Crippen molar-refractivity contribution in [3.05, 3.63) is 35.9 Å². The smallest absolute Gasteiger partial charge is 0.311 e. The number of rotatable bonds is 5. The number of benzene rings is 1. The van der Waals surface area contributed by atoms with Gasteiger partial charge in [-0.25, -0.2) is 0 Å². The van der Waals surface area contributed by atoms with Crippen LogP contribution in [0.25, 0.3) is 0 Å². The van der Waals surface area contributed by atoms with Gasteiger partial charge in [0.15, 0.2) is 0 Å². The molecule has 0 spiro atoms. The fraction of sp³-hybridized carbons (Fsp3) is 0.529. The van der Waals surface area contributed by atoms with Crippen LogP contribution in [0.1, 0.15) is 44.6 Å². The summed E-state index contributed by atoms with van der Waals surface area (Å²) in [5.74, 6) is -0.867. The van der Waals surface area contributed by atoms with Crippen LogP contribution < -0.4 is 5.32 Å². The molecule has 4 heteroatoms. The minimum atomic E-state index is -0.833. The third-order valence-electron chi connectivity index (χ3n) is 4.52. The lowest BCUT2D eigenvalue weighted by molar-refractivity contribution is -0.152. The minimum Gasteiger partial charge on any atom is -0.481 e. The van der Waals surface area contributed by atoms with Crippen LogP contribution in [0.3, 0.4) is 0 Å². The van der Waals surface area contributed by atoms with Crippen molar-refractivity contribution in [2.24, 2.45) is 5.41 Å². The molecule has 1 aromatic rings. The van der Waals surface area contributed by atoms with Crippen LogP contribution >= 0.6 is 0 Å². The van der Waals surface area contributed by atoms with Crippen LogP contribution in [0.15, 0.2) is 30.3 Å². The highest BCUT2D eigenvalue weighted by molar-refractivity contribution is 5.80. The second kappa shape index (κ2) is 6.74. The third kappa shape index (κ3) is 3.84. The summed E-state index contributed by atoms with van der Waals surface area (Å²) in [7, 11) is 0. The molecule has 1 aliphatic carbocycles. The monoisotopic (exact) mass is 289 g/mol. The summed E-state index contributed by atoms with van der Waals surface area (Å²) in [5, 5.41) is 12.4. The van der Waals surface area contributed by atoms with Crippen molar-refractivity contribution in [2.75, 3.05) is 0 Å². The number of carboxylic acid groups (broad SMARTS) is 1. The number of carbonyl (C=O) groups excluding carboxylic acids is 1. The van der Waals surface area contributed by atoms with Gasteiger partial charge in [0, 0.05) is 12.5 Å². The summed E-state index contributed by atoms with van der Waals surface area (Å²) in [6.45, 7) is 1.75. The van der Waals surface area contributed by atoms with Crippen molar-refractivity contribution in [1.82, 2.24) is 5.32 Å². The van der Waals surface area contributed by atoms with Gasteiger partial charge in [-0.2, -0.15) is 0 Å². The molecule has 0 bridgehead atoms. The number of hydrogen-bond donors (Lipinski definition) is 2. The predicted molar refractivity (Wildman–Crippen MR) is 80.9 cm³/mol. The lowest BCUT2D eigenvalue weighted by Crippen LogP contribution is -2.52. The van der Waals surface area contributed by atoms with Crippen molar-refractivity contribution >= 4 is 11.9 Å². The molecule has 0 aromatic heterocycles. The van der Waals surface area contributed by atoms with E-state index < -0.39 is 11.4 Å². The summed E-state index contributed by atoms with van der Waals surface area (Å²) in [5.41, 5.74) is 0.290. The number of aliphatic carboxylic acids is 1.